The summed E-state index contributed by atoms with van der Waals surface area (Å²) in [6.07, 6.45) is 0.0692. The number of aryl methyl sites for hydroxylation is 1. The van der Waals surface area contributed by atoms with Gasteiger partial charge in [0.1, 0.15) is 5.75 Å². The quantitative estimate of drug-likeness (QED) is 0.935. The van der Waals surface area contributed by atoms with E-state index in [1.165, 1.54) is 0 Å². The van der Waals surface area contributed by atoms with Crippen LogP contribution < -0.4 is 9.64 Å². The van der Waals surface area contributed by atoms with Gasteiger partial charge in [-0.15, -0.1) is 0 Å². The first-order valence-corrected chi connectivity index (χ1v) is 7.90. The fraction of sp³-hybridized carbons (Fsp3) is 0.263. The van der Waals surface area contributed by atoms with Crippen LogP contribution in [0.3, 0.4) is 0 Å². The van der Waals surface area contributed by atoms with E-state index in [0.717, 1.165) is 16.8 Å². The van der Waals surface area contributed by atoms with Crippen molar-refractivity contribution in [1.82, 2.24) is 0 Å². The first kappa shape index (κ1) is 16.1. The van der Waals surface area contributed by atoms with Gasteiger partial charge in [0.2, 0.25) is 0 Å². The molecule has 0 aliphatic carbocycles. The minimum absolute atomic E-state index is 0.102. The zero-order valence-corrected chi connectivity index (χ0v) is 13.7. The van der Waals surface area contributed by atoms with Gasteiger partial charge < -0.3 is 14.7 Å². The number of amides is 1. The highest BCUT2D eigenvalue weighted by molar-refractivity contribution is 6.00. The number of carbonyl (C=O) groups excluding carboxylic acids is 1. The molecule has 5 nitrogen and oxygen atoms in total. The van der Waals surface area contributed by atoms with Gasteiger partial charge in [-0.05, 0) is 48.7 Å². The van der Waals surface area contributed by atoms with Crippen molar-refractivity contribution in [1.29, 1.82) is 0 Å². The van der Waals surface area contributed by atoms with Crippen molar-refractivity contribution in [2.75, 3.05) is 4.90 Å². The minimum atomic E-state index is -0.979. The average Bonchev–Trinajstić information content (AvgIpc) is 2.57. The van der Waals surface area contributed by atoms with E-state index < -0.39 is 12.1 Å². The maximum atomic E-state index is 12.7. The molecule has 1 unspecified atom stereocenters. The topological polar surface area (TPSA) is 66.8 Å². The zero-order valence-electron chi connectivity index (χ0n) is 13.7. The second-order valence-corrected chi connectivity index (χ2v) is 5.92. The number of carbonyl (C=O) groups is 2. The third kappa shape index (κ3) is 2.97. The Morgan fingerprint density at radius 3 is 2.75 bits per heavy atom. The fourth-order valence-corrected chi connectivity index (χ4v) is 2.84. The van der Waals surface area contributed by atoms with Crippen molar-refractivity contribution in [3.63, 3.8) is 0 Å². The molecule has 3 rings (SSSR count). The molecule has 1 atom stereocenters. The summed E-state index contributed by atoms with van der Waals surface area (Å²) >= 11 is 0. The van der Waals surface area contributed by atoms with Crippen LogP contribution in [0.25, 0.3) is 0 Å². The molecule has 1 N–H and O–H groups in total. The van der Waals surface area contributed by atoms with Gasteiger partial charge in [0.25, 0.3) is 5.91 Å². The van der Waals surface area contributed by atoms with Gasteiger partial charge in [-0.25, -0.2) is 4.79 Å². The lowest BCUT2D eigenvalue weighted by Crippen LogP contribution is -2.45. The lowest BCUT2D eigenvalue weighted by atomic mass is 10.1. The fourth-order valence-electron chi connectivity index (χ4n) is 2.84. The number of aromatic carboxylic acids is 1. The van der Waals surface area contributed by atoms with E-state index in [1.54, 1.807) is 23.1 Å². The summed E-state index contributed by atoms with van der Waals surface area (Å²) in [6, 6.07) is 12.4. The standard InChI is InChI=1S/C19H19NO4/c1-3-16-18(21)20(15-8-7-12(2)9-17(15)24-16)11-13-5-4-6-14(10-13)19(22)23/h4-10,16H,3,11H2,1-2H3,(H,22,23). The maximum Gasteiger partial charge on any atom is 0.335 e. The van der Waals surface area contributed by atoms with Gasteiger partial charge in [0.15, 0.2) is 6.10 Å². The molecule has 1 aliphatic rings. The number of carboxylic acid groups (broad SMARTS) is 1. The lowest BCUT2D eigenvalue weighted by Gasteiger charge is -2.34. The Morgan fingerprint density at radius 1 is 1.25 bits per heavy atom. The molecule has 0 saturated heterocycles. The summed E-state index contributed by atoms with van der Waals surface area (Å²) in [5, 5.41) is 9.13. The SMILES string of the molecule is CCC1Oc2cc(C)ccc2N(Cc2cccc(C(=O)O)c2)C1=O. The minimum Gasteiger partial charge on any atom is -0.478 e. The average molecular weight is 325 g/mol. The van der Waals surface area contributed by atoms with Gasteiger partial charge >= 0.3 is 5.97 Å². The van der Waals surface area contributed by atoms with Crippen LogP contribution >= 0.6 is 0 Å². The van der Waals surface area contributed by atoms with E-state index in [4.69, 9.17) is 9.84 Å². The molecule has 2 aromatic carbocycles. The van der Waals surface area contributed by atoms with Crippen LogP contribution in [0.4, 0.5) is 5.69 Å². The summed E-state index contributed by atoms with van der Waals surface area (Å²) in [7, 11) is 0. The molecular weight excluding hydrogens is 306 g/mol. The van der Waals surface area contributed by atoms with Crippen molar-refractivity contribution in [2.24, 2.45) is 0 Å². The predicted molar refractivity (Wildman–Crippen MR) is 90.5 cm³/mol. The van der Waals surface area contributed by atoms with Crippen molar-refractivity contribution in [3.8, 4) is 5.75 Å². The van der Waals surface area contributed by atoms with E-state index in [1.807, 2.05) is 38.1 Å². The molecule has 1 amide bonds. The normalized spacial score (nSPS) is 16.5. The molecule has 0 saturated carbocycles. The molecule has 24 heavy (non-hydrogen) atoms. The summed E-state index contributed by atoms with van der Waals surface area (Å²) < 4.78 is 5.82. The maximum absolute atomic E-state index is 12.7. The number of fused-ring (bicyclic) bond motifs is 1. The Labute approximate surface area is 140 Å². The largest absolute Gasteiger partial charge is 0.478 e. The van der Waals surface area contributed by atoms with Crippen LogP contribution in [0.2, 0.25) is 0 Å². The third-order valence-corrected chi connectivity index (χ3v) is 4.10. The lowest BCUT2D eigenvalue weighted by molar-refractivity contribution is -0.126. The highest BCUT2D eigenvalue weighted by Gasteiger charge is 2.33. The van der Waals surface area contributed by atoms with Gasteiger partial charge in [0.05, 0.1) is 17.8 Å². The molecule has 0 radical (unpaired) electrons. The predicted octanol–water partition coefficient (Wildman–Crippen LogP) is 3.40. The van der Waals surface area contributed by atoms with E-state index in [2.05, 4.69) is 0 Å². The van der Waals surface area contributed by atoms with Gasteiger partial charge in [-0.2, -0.15) is 0 Å². The van der Waals surface area contributed by atoms with Gasteiger partial charge in [-0.3, -0.25) is 4.79 Å². The number of hydrogen-bond acceptors (Lipinski definition) is 3. The number of carboxylic acids is 1. The highest BCUT2D eigenvalue weighted by Crippen LogP contribution is 2.36. The second kappa shape index (κ2) is 6.35. The van der Waals surface area contributed by atoms with Gasteiger partial charge in [-0.1, -0.05) is 25.1 Å². The Bertz CT molecular complexity index is 800. The first-order chi connectivity index (χ1) is 11.5. The third-order valence-electron chi connectivity index (χ3n) is 4.10. The number of anilines is 1. The molecule has 0 aromatic heterocycles. The summed E-state index contributed by atoms with van der Waals surface area (Å²) in [5.74, 6) is -0.391. The Balaban J connectivity index is 1.98. The van der Waals surface area contributed by atoms with E-state index >= 15 is 0 Å². The van der Waals surface area contributed by atoms with E-state index in [0.29, 0.717) is 18.7 Å². The summed E-state index contributed by atoms with van der Waals surface area (Å²) in [4.78, 5) is 25.5. The molecular formula is C19H19NO4. The zero-order chi connectivity index (χ0) is 17.3. The Morgan fingerprint density at radius 2 is 2.04 bits per heavy atom. The molecule has 5 heteroatoms. The molecule has 0 bridgehead atoms. The van der Waals surface area contributed by atoms with Crippen LogP contribution in [-0.4, -0.2) is 23.1 Å². The molecule has 1 heterocycles. The van der Waals surface area contributed by atoms with Crippen molar-refractivity contribution in [2.45, 2.75) is 32.9 Å². The van der Waals surface area contributed by atoms with E-state index in [9.17, 15) is 9.59 Å². The number of benzene rings is 2. The second-order valence-electron chi connectivity index (χ2n) is 5.92. The number of hydrogen-bond donors (Lipinski definition) is 1. The molecule has 0 fully saturated rings. The molecule has 2 aromatic rings. The van der Waals surface area contributed by atoms with Crippen molar-refractivity contribution < 1.29 is 19.4 Å². The Hall–Kier alpha value is -2.82. The van der Waals surface area contributed by atoms with Crippen LogP contribution in [-0.2, 0) is 11.3 Å². The summed E-state index contributed by atoms with van der Waals surface area (Å²) in [6.45, 7) is 4.20. The van der Waals surface area contributed by atoms with Crippen LogP contribution in [0, 0.1) is 6.92 Å². The monoisotopic (exact) mass is 325 g/mol. The number of nitrogens with zero attached hydrogens (tertiary/aromatic N) is 1. The van der Waals surface area contributed by atoms with Crippen LogP contribution in [0.1, 0.15) is 34.8 Å². The number of ether oxygens (including phenoxy) is 1. The van der Waals surface area contributed by atoms with Crippen LogP contribution in [0.5, 0.6) is 5.75 Å². The molecule has 124 valence electrons. The van der Waals surface area contributed by atoms with E-state index in [-0.39, 0.29) is 11.5 Å². The van der Waals surface area contributed by atoms with Crippen molar-refractivity contribution >= 4 is 17.6 Å². The number of rotatable bonds is 4. The Kier molecular flexibility index (Phi) is 4.25. The van der Waals surface area contributed by atoms with Crippen LogP contribution in [0.15, 0.2) is 42.5 Å². The van der Waals surface area contributed by atoms with Gasteiger partial charge in [0, 0.05) is 0 Å². The smallest absolute Gasteiger partial charge is 0.335 e. The summed E-state index contributed by atoms with van der Waals surface area (Å²) in [5.41, 5.74) is 2.76. The molecule has 0 spiro atoms. The first-order valence-electron chi connectivity index (χ1n) is 7.90. The van der Waals surface area contributed by atoms with Crippen molar-refractivity contribution in [3.05, 3.63) is 59.2 Å². The highest BCUT2D eigenvalue weighted by atomic mass is 16.5. The molecule has 1 aliphatic heterocycles.